The average molecular weight is 211 g/mol. The SMILES string of the molecule is CCN(CCO)c1cc(NC)nc(N)n1. The van der Waals surface area contributed by atoms with Crippen molar-refractivity contribution in [3.05, 3.63) is 6.07 Å². The third kappa shape index (κ3) is 2.95. The molecule has 0 aliphatic carbocycles. The van der Waals surface area contributed by atoms with Gasteiger partial charge >= 0.3 is 0 Å². The molecule has 0 aliphatic rings. The molecule has 15 heavy (non-hydrogen) atoms. The third-order valence-electron chi connectivity index (χ3n) is 2.06. The van der Waals surface area contributed by atoms with E-state index in [9.17, 15) is 0 Å². The van der Waals surface area contributed by atoms with Gasteiger partial charge in [0.05, 0.1) is 6.61 Å². The maximum atomic E-state index is 8.89. The van der Waals surface area contributed by atoms with Crippen molar-refractivity contribution in [3.8, 4) is 0 Å². The van der Waals surface area contributed by atoms with Gasteiger partial charge < -0.3 is 21.1 Å². The largest absolute Gasteiger partial charge is 0.395 e. The van der Waals surface area contributed by atoms with Gasteiger partial charge in [-0.1, -0.05) is 0 Å². The number of nitrogens with two attached hydrogens (primary N) is 1. The lowest BCUT2D eigenvalue weighted by molar-refractivity contribution is 0.302. The number of rotatable bonds is 5. The van der Waals surface area contributed by atoms with E-state index in [2.05, 4.69) is 15.3 Å². The van der Waals surface area contributed by atoms with Gasteiger partial charge in [-0.15, -0.1) is 0 Å². The number of hydrogen-bond donors (Lipinski definition) is 3. The maximum Gasteiger partial charge on any atom is 0.223 e. The number of aromatic nitrogens is 2. The molecule has 6 heteroatoms. The Kier molecular flexibility index (Phi) is 4.11. The summed E-state index contributed by atoms with van der Waals surface area (Å²) in [6.45, 7) is 3.38. The van der Waals surface area contributed by atoms with Crippen LogP contribution in [0.4, 0.5) is 17.6 Å². The van der Waals surface area contributed by atoms with E-state index in [1.54, 1.807) is 13.1 Å². The highest BCUT2D eigenvalue weighted by Crippen LogP contribution is 2.15. The van der Waals surface area contributed by atoms with Crippen molar-refractivity contribution in [2.75, 3.05) is 42.7 Å². The molecule has 1 heterocycles. The van der Waals surface area contributed by atoms with Gasteiger partial charge in [0.25, 0.3) is 0 Å². The average Bonchev–Trinajstić information content (AvgIpc) is 2.24. The highest BCUT2D eigenvalue weighted by atomic mass is 16.3. The Bertz CT molecular complexity index is 317. The van der Waals surface area contributed by atoms with Gasteiger partial charge in [-0.05, 0) is 6.92 Å². The summed E-state index contributed by atoms with van der Waals surface area (Å²) < 4.78 is 0. The van der Waals surface area contributed by atoms with Crippen molar-refractivity contribution >= 4 is 17.6 Å². The molecule has 0 saturated heterocycles. The first kappa shape index (κ1) is 11.5. The second-order valence-electron chi connectivity index (χ2n) is 3.02. The zero-order valence-corrected chi connectivity index (χ0v) is 9.06. The molecule has 1 aromatic heterocycles. The molecule has 0 aromatic carbocycles. The number of anilines is 3. The summed E-state index contributed by atoms with van der Waals surface area (Å²) in [4.78, 5) is 10.0. The fraction of sp³-hybridized carbons (Fsp3) is 0.556. The number of likely N-dealkylation sites (N-methyl/N-ethyl adjacent to an activating group) is 1. The van der Waals surface area contributed by atoms with E-state index >= 15 is 0 Å². The zero-order chi connectivity index (χ0) is 11.3. The normalized spacial score (nSPS) is 10.1. The van der Waals surface area contributed by atoms with Crippen molar-refractivity contribution in [1.82, 2.24) is 9.97 Å². The molecule has 0 fully saturated rings. The number of hydrogen-bond acceptors (Lipinski definition) is 6. The van der Waals surface area contributed by atoms with Gasteiger partial charge in [0, 0.05) is 26.2 Å². The summed E-state index contributed by atoms with van der Waals surface area (Å²) in [7, 11) is 1.77. The highest BCUT2D eigenvalue weighted by Gasteiger charge is 2.07. The third-order valence-corrected chi connectivity index (χ3v) is 2.06. The molecule has 0 radical (unpaired) electrons. The lowest BCUT2D eigenvalue weighted by Crippen LogP contribution is -2.27. The predicted molar refractivity (Wildman–Crippen MR) is 61.0 cm³/mol. The van der Waals surface area contributed by atoms with Crippen LogP contribution in [-0.2, 0) is 0 Å². The smallest absolute Gasteiger partial charge is 0.223 e. The van der Waals surface area contributed by atoms with Crippen molar-refractivity contribution in [2.45, 2.75) is 6.92 Å². The van der Waals surface area contributed by atoms with Gasteiger partial charge in [-0.3, -0.25) is 0 Å². The molecule has 1 aromatic rings. The van der Waals surface area contributed by atoms with Crippen molar-refractivity contribution in [3.63, 3.8) is 0 Å². The monoisotopic (exact) mass is 211 g/mol. The van der Waals surface area contributed by atoms with Crippen LogP contribution in [0.1, 0.15) is 6.92 Å². The first-order chi connectivity index (χ1) is 7.21. The molecule has 4 N–H and O–H groups in total. The van der Waals surface area contributed by atoms with E-state index in [1.165, 1.54) is 0 Å². The second-order valence-corrected chi connectivity index (χ2v) is 3.02. The molecule has 6 nitrogen and oxygen atoms in total. The molecule has 0 aliphatic heterocycles. The number of aliphatic hydroxyl groups excluding tert-OH is 1. The Morgan fingerprint density at radius 3 is 2.80 bits per heavy atom. The van der Waals surface area contributed by atoms with E-state index < -0.39 is 0 Å². The van der Waals surface area contributed by atoms with Crippen LogP contribution in [0.5, 0.6) is 0 Å². The quantitative estimate of drug-likeness (QED) is 0.631. The number of nitrogens with zero attached hydrogens (tertiary/aromatic N) is 3. The summed E-state index contributed by atoms with van der Waals surface area (Å²) in [6.07, 6.45) is 0. The van der Waals surface area contributed by atoms with Crippen LogP contribution in [-0.4, -0.2) is 41.8 Å². The standard InChI is InChI=1S/C9H17N5O/c1-3-14(4-5-15)8-6-7(11-2)12-9(10)13-8/h6,15H,3-5H2,1-2H3,(H3,10,11,12,13). The summed E-state index contributed by atoms with van der Waals surface area (Å²) in [6, 6.07) is 1.80. The van der Waals surface area contributed by atoms with Crippen molar-refractivity contribution in [2.24, 2.45) is 0 Å². The van der Waals surface area contributed by atoms with Crippen LogP contribution in [0.15, 0.2) is 6.07 Å². The predicted octanol–water partition coefficient (Wildman–Crippen LogP) is -0.0809. The first-order valence-corrected chi connectivity index (χ1v) is 4.89. The Hall–Kier alpha value is -1.56. The number of nitrogens with one attached hydrogen (secondary N) is 1. The van der Waals surface area contributed by atoms with Gasteiger partial charge in [-0.2, -0.15) is 9.97 Å². The highest BCUT2D eigenvalue weighted by molar-refractivity contribution is 5.52. The minimum Gasteiger partial charge on any atom is -0.395 e. The van der Waals surface area contributed by atoms with Crippen molar-refractivity contribution in [1.29, 1.82) is 0 Å². The molecule has 0 atom stereocenters. The topological polar surface area (TPSA) is 87.3 Å². The van der Waals surface area contributed by atoms with Gasteiger partial charge in [0.15, 0.2) is 0 Å². The van der Waals surface area contributed by atoms with E-state index in [1.807, 2.05) is 11.8 Å². The Balaban J connectivity index is 2.95. The summed E-state index contributed by atoms with van der Waals surface area (Å²) in [5.41, 5.74) is 5.57. The molecule has 1 rings (SSSR count). The summed E-state index contributed by atoms with van der Waals surface area (Å²) in [5.74, 6) is 1.63. The zero-order valence-electron chi connectivity index (χ0n) is 9.06. The van der Waals surface area contributed by atoms with E-state index in [0.29, 0.717) is 12.4 Å². The van der Waals surface area contributed by atoms with Gasteiger partial charge in [0.2, 0.25) is 5.95 Å². The molecular formula is C9H17N5O. The van der Waals surface area contributed by atoms with Crippen LogP contribution in [0.3, 0.4) is 0 Å². The first-order valence-electron chi connectivity index (χ1n) is 4.89. The summed E-state index contributed by atoms with van der Waals surface area (Å²) >= 11 is 0. The second kappa shape index (κ2) is 5.35. The number of aliphatic hydroxyl groups is 1. The summed E-state index contributed by atoms with van der Waals surface area (Å²) in [5, 5.41) is 11.8. The lowest BCUT2D eigenvalue weighted by Gasteiger charge is -2.21. The fourth-order valence-corrected chi connectivity index (χ4v) is 1.30. The Morgan fingerprint density at radius 2 is 2.27 bits per heavy atom. The van der Waals surface area contributed by atoms with Crippen LogP contribution in [0.25, 0.3) is 0 Å². The number of nitrogen functional groups attached to an aromatic ring is 1. The van der Waals surface area contributed by atoms with E-state index in [4.69, 9.17) is 10.8 Å². The molecule has 0 spiro atoms. The van der Waals surface area contributed by atoms with Crippen LogP contribution in [0.2, 0.25) is 0 Å². The van der Waals surface area contributed by atoms with Gasteiger partial charge in [0.1, 0.15) is 11.6 Å². The molecular weight excluding hydrogens is 194 g/mol. The van der Waals surface area contributed by atoms with E-state index in [0.717, 1.165) is 12.4 Å². The molecule has 0 bridgehead atoms. The van der Waals surface area contributed by atoms with Crippen LogP contribution < -0.4 is 16.0 Å². The van der Waals surface area contributed by atoms with Crippen LogP contribution in [0, 0.1) is 0 Å². The maximum absolute atomic E-state index is 8.89. The fourth-order valence-electron chi connectivity index (χ4n) is 1.30. The lowest BCUT2D eigenvalue weighted by atomic mass is 10.4. The van der Waals surface area contributed by atoms with Gasteiger partial charge in [-0.25, -0.2) is 0 Å². The molecule has 0 unspecified atom stereocenters. The molecule has 0 amide bonds. The Morgan fingerprint density at radius 1 is 1.53 bits per heavy atom. The molecule has 0 saturated carbocycles. The molecule has 84 valence electrons. The Labute approximate surface area is 89.1 Å². The van der Waals surface area contributed by atoms with E-state index in [-0.39, 0.29) is 12.6 Å². The van der Waals surface area contributed by atoms with Crippen LogP contribution >= 0.6 is 0 Å². The minimum absolute atomic E-state index is 0.0899. The minimum atomic E-state index is 0.0899. The van der Waals surface area contributed by atoms with Crippen molar-refractivity contribution < 1.29 is 5.11 Å².